The Balaban J connectivity index is 2.07. The maximum absolute atomic E-state index is 4.07. The van der Waals surface area contributed by atoms with Gasteiger partial charge in [0.25, 0.3) is 0 Å². The Hall–Kier alpha value is -1.82. The van der Waals surface area contributed by atoms with E-state index < -0.39 is 0 Å². The molecule has 2 aliphatic carbocycles. The van der Waals surface area contributed by atoms with Gasteiger partial charge in [-0.3, -0.25) is 0 Å². The van der Waals surface area contributed by atoms with Crippen molar-refractivity contribution in [3.63, 3.8) is 0 Å². The van der Waals surface area contributed by atoms with Crippen molar-refractivity contribution in [3.8, 4) is 0 Å². The number of allylic oxidation sites excluding steroid dienone is 2. The molecule has 21 heavy (non-hydrogen) atoms. The average Bonchev–Trinajstić information content (AvgIpc) is 2.55. The number of benzene rings is 2. The molecule has 1 radical (unpaired) electrons. The van der Waals surface area contributed by atoms with Crippen LogP contribution in [0.4, 0.5) is 0 Å². The first kappa shape index (κ1) is 12.9. The van der Waals surface area contributed by atoms with Gasteiger partial charge in [0.05, 0.1) is 0 Å². The molecule has 0 saturated carbocycles. The molecule has 0 unspecified atom stereocenters. The van der Waals surface area contributed by atoms with Crippen LogP contribution in [0.3, 0.4) is 0 Å². The summed E-state index contributed by atoms with van der Waals surface area (Å²) < 4.78 is 0. The van der Waals surface area contributed by atoms with Gasteiger partial charge in [0.1, 0.15) is 0 Å². The van der Waals surface area contributed by atoms with Crippen LogP contribution in [0.5, 0.6) is 0 Å². The van der Waals surface area contributed by atoms with Gasteiger partial charge in [0.2, 0.25) is 0 Å². The molecule has 0 aromatic heterocycles. The summed E-state index contributed by atoms with van der Waals surface area (Å²) in [5, 5.41) is 2.87. The summed E-state index contributed by atoms with van der Waals surface area (Å²) in [5.74, 6) is 0. The van der Waals surface area contributed by atoms with Crippen molar-refractivity contribution in [2.45, 2.75) is 38.5 Å². The Labute approximate surface area is 127 Å². The van der Waals surface area contributed by atoms with Gasteiger partial charge in [-0.2, -0.15) is 0 Å². The molecule has 2 aromatic rings. The van der Waals surface area contributed by atoms with E-state index in [9.17, 15) is 0 Å². The van der Waals surface area contributed by atoms with Crippen molar-refractivity contribution < 1.29 is 0 Å². The second-order valence-corrected chi connectivity index (χ2v) is 6.15. The van der Waals surface area contributed by atoms with Crippen LogP contribution < -0.4 is 0 Å². The standard InChI is InChI=1S/C21H21/c1-2-7-16-14-21-17-9-4-3-8-15(17)12-13-20(21)19-11-6-5-10-18(16)19/h4,6,9,11-14H,1-3,5,7-8,10H2. The van der Waals surface area contributed by atoms with E-state index in [1.54, 1.807) is 5.56 Å². The summed E-state index contributed by atoms with van der Waals surface area (Å²) in [7, 11) is 0. The summed E-state index contributed by atoms with van der Waals surface area (Å²) in [6.07, 6.45) is 16.1. The van der Waals surface area contributed by atoms with E-state index in [2.05, 4.69) is 49.4 Å². The monoisotopic (exact) mass is 273 g/mol. The van der Waals surface area contributed by atoms with E-state index in [4.69, 9.17) is 0 Å². The molecule has 0 heteroatoms. The highest BCUT2D eigenvalue weighted by Gasteiger charge is 2.16. The van der Waals surface area contributed by atoms with Crippen molar-refractivity contribution in [2.75, 3.05) is 0 Å². The van der Waals surface area contributed by atoms with Crippen LogP contribution in [0.1, 0.15) is 47.1 Å². The van der Waals surface area contributed by atoms with Crippen LogP contribution in [0.25, 0.3) is 22.9 Å². The number of aryl methyl sites for hydroxylation is 2. The van der Waals surface area contributed by atoms with Crippen LogP contribution in [0, 0.1) is 6.92 Å². The van der Waals surface area contributed by atoms with E-state index in [-0.39, 0.29) is 0 Å². The van der Waals surface area contributed by atoms with Gasteiger partial charge >= 0.3 is 0 Å². The molecule has 0 amide bonds. The Morgan fingerprint density at radius 2 is 1.71 bits per heavy atom. The minimum absolute atomic E-state index is 0.979. The second-order valence-electron chi connectivity index (χ2n) is 6.15. The van der Waals surface area contributed by atoms with Crippen LogP contribution >= 0.6 is 0 Å². The first-order valence-corrected chi connectivity index (χ1v) is 8.11. The summed E-state index contributed by atoms with van der Waals surface area (Å²) in [6.45, 7) is 4.07. The Kier molecular flexibility index (Phi) is 3.18. The van der Waals surface area contributed by atoms with Crippen LogP contribution in [-0.2, 0) is 19.3 Å². The fourth-order valence-electron chi connectivity index (χ4n) is 3.85. The summed E-state index contributed by atoms with van der Waals surface area (Å²) in [4.78, 5) is 0. The molecule has 0 aliphatic heterocycles. The lowest BCUT2D eigenvalue weighted by atomic mass is 9.83. The topological polar surface area (TPSA) is 0 Å². The molecular weight excluding hydrogens is 252 g/mol. The number of rotatable bonds is 2. The lowest BCUT2D eigenvalue weighted by molar-refractivity contribution is 0.918. The van der Waals surface area contributed by atoms with Crippen molar-refractivity contribution in [2.24, 2.45) is 0 Å². The summed E-state index contributed by atoms with van der Waals surface area (Å²) >= 11 is 0. The molecule has 0 nitrogen and oxygen atoms in total. The Bertz CT molecular complexity index is 759. The fourth-order valence-corrected chi connectivity index (χ4v) is 3.85. The van der Waals surface area contributed by atoms with E-state index in [1.807, 2.05) is 0 Å². The van der Waals surface area contributed by atoms with Crippen molar-refractivity contribution in [1.82, 2.24) is 0 Å². The van der Waals surface area contributed by atoms with Crippen molar-refractivity contribution in [3.05, 3.63) is 65.1 Å². The van der Waals surface area contributed by atoms with Gasteiger partial charge in [-0.05, 0) is 77.1 Å². The van der Waals surface area contributed by atoms with Gasteiger partial charge in [-0.15, -0.1) is 0 Å². The molecule has 0 bridgehead atoms. The third kappa shape index (κ3) is 2.05. The molecule has 0 heterocycles. The quantitative estimate of drug-likeness (QED) is 0.675. The molecule has 2 aliphatic rings. The molecule has 2 aromatic carbocycles. The molecule has 0 N–H and O–H groups in total. The zero-order valence-corrected chi connectivity index (χ0v) is 12.5. The molecular formula is C21H21. The molecule has 0 spiro atoms. The SMILES string of the molecule is [CH2]CCc1cc2c3c(ccc2c2c1CCC=C2)CCC=C3. The fraction of sp³-hybridized carbons (Fsp3) is 0.286. The largest absolute Gasteiger partial charge is 0.0836 e. The summed E-state index contributed by atoms with van der Waals surface area (Å²) in [6, 6.07) is 7.13. The average molecular weight is 273 g/mol. The van der Waals surface area contributed by atoms with Gasteiger partial charge in [0.15, 0.2) is 0 Å². The molecule has 4 rings (SSSR count). The maximum Gasteiger partial charge on any atom is -0.00998 e. The lowest BCUT2D eigenvalue weighted by Crippen LogP contribution is -2.04. The normalized spacial score (nSPS) is 16.0. The van der Waals surface area contributed by atoms with Crippen molar-refractivity contribution in [1.29, 1.82) is 0 Å². The van der Waals surface area contributed by atoms with Crippen LogP contribution in [0.2, 0.25) is 0 Å². The molecule has 0 fully saturated rings. The Morgan fingerprint density at radius 1 is 0.905 bits per heavy atom. The molecule has 0 saturated heterocycles. The number of hydrogen-bond donors (Lipinski definition) is 0. The molecule has 0 atom stereocenters. The van der Waals surface area contributed by atoms with Gasteiger partial charge in [0, 0.05) is 0 Å². The maximum atomic E-state index is 4.07. The minimum atomic E-state index is 0.979. The zero-order valence-electron chi connectivity index (χ0n) is 12.5. The highest BCUT2D eigenvalue weighted by atomic mass is 14.2. The summed E-state index contributed by atoms with van der Waals surface area (Å²) in [5.41, 5.74) is 7.50. The first-order chi connectivity index (χ1) is 10.4. The van der Waals surface area contributed by atoms with E-state index in [0.717, 1.165) is 12.8 Å². The first-order valence-electron chi connectivity index (χ1n) is 8.11. The Morgan fingerprint density at radius 3 is 2.57 bits per heavy atom. The highest BCUT2D eigenvalue weighted by Crippen LogP contribution is 2.36. The van der Waals surface area contributed by atoms with E-state index in [0.29, 0.717) is 0 Å². The van der Waals surface area contributed by atoms with Gasteiger partial charge in [-0.25, -0.2) is 0 Å². The lowest BCUT2D eigenvalue weighted by Gasteiger charge is -2.21. The number of fused-ring (bicyclic) bond motifs is 5. The third-order valence-corrected chi connectivity index (χ3v) is 4.86. The highest BCUT2D eigenvalue weighted by molar-refractivity contribution is 5.99. The van der Waals surface area contributed by atoms with Crippen LogP contribution in [0.15, 0.2) is 30.4 Å². The molecule has 105 valence electrons. The van der Waals surface area contributed by atoms with Gasteiger partial charge < -0.3 is 0 Å². The smallest absolute Gasteiger partial charge is 0.00998 e. The minimum Gasteiger partial charge on any atom is -0.0836 e. The van der Waals surface area contributed by atoms with E-state index in [1.165, 1.54) is 58.7 Å². The second kappa shape index (κ2) is 5.18. The van der Waals surface area contributed by atoms with Crippen molar-refractivity contribution >= 4 is 22.9 Å². The number of hydrogen-bond acceptors (Lipinski definition) is 0. The third-order valence-electron chi connectivity index (χ3n) is 4.86. The zero-order chi connectivity index (χ0) is 14.2. The van der Waals surface area contributed by atoms with E-state index >= 15 is 0 Å². The predicted octanol–water partition coefficient (Wildman–Crippen LogP) is 5.53. The predicted molar refractivity (Wildman–Crippen MR) is 92.3 cm³/mol. The van der Waals surface area contributed by atoms with Gasteiger partial charge in [-0.1, -0.05) is 49.4 Å². The van der Waals surface area contributed by atoms with Crippen LogP contribution in [-0.4, -0.2) is 0 Å².